The van der Waals surface area contributed by atoms with E-state index in [-0.39, 0.29) is 17.9 Å². The molecule has 1 rings (SSSR count). The Balaban J connectivity index is 2.70. The molecule has 0 aromatic rings. The van der Waals surface area contributed by atoms with Gasteiger partial charge in [-0.15, -0.1) is 0 Å². The van der Waals surface area contributed by atoms with Crippen molar-refractivity contribution in [1.29, 1.82) is 0 Å². The fraction of sp³-hybridized carbons (Fsp3) is 0.778. The van der Waals surface area contributed by atoms with Crippen molar-refractivity contribution in [1.82, 2.24) is 4.90 Å². The number of rotatable bonds is 2. The van der Waals surface area contributed by atoms with Crippen molar-refractivity contribution >= 4 is 12.0 Å². The third kappa shape index (κ3) is 1.82. The minimum Gasteiger partial charge on any atom is -0.447 e. The highest BCUT2D eigenvalue weighted by atomic mass is 16.6. The average molecular weight is 185 g/mol. The van der Waals surface area contributed by atoms with Gasteiger partial charge in [-0.05, 0) is 13.3 Å². The van der Waals surface area contributed by atoms with Crippen LogP contribution in [0.5, 0.6) is 0 Å². The molecule has 0 bridgehead atoms. The van der Waals surface area contributed by atoms with Gasteiger partial charge in [-0.25, -0.2) is 9.69 Å². The van der Waals surface area contributed by atoms with Gasteiger partial charge in [0.25, 0.3) is 0 Å². The zero-order valence-electron chi connectivity index (χ0n) is 8.24. The largest absolute Gasteiger partial charge is 0.447 e. The lowest BCUT2D eigenvalue weighted by atomic mass is 10.1. The molecule has 0 N–H and O–H groups in total. The highest BCUT2D eigenvalue weighted by Gasteiger charge is 2.36. The normalized spacial score (nSPS) is 24.4. The van der Waals surface area contributed by atoms with Crippen LogP contribution in [0, 0.1) is 5.92 Å². The van der Waals surface area contributed by atoms with Gasteiger partial charge in [0.2, 0.25) is 5.91 Å². The van der Waals surface area contributed by atoms with Gasteiger partial charge < -0.3 is 4.74 Å². The number of hydrogen-bond acceptors (Lipinski definition) is 3. The fourth-order valence-corrected chi connectivity index (χ4v) is 1.24. The van der Waals surface area contributed by atoms with Crippen molar-refractivity contribution < 1.29 is 14.3 Å². The van der Waals surface area contributed by atoms with Crippen LogP contribution in [-0.4, -0.2) is 29.5 Å². The molecule has 0 saturated carbocycles. The molecule has 1 saturated heterocycles. The van der Waals surface area contributed by atoms with E-state index in [0.717, 1.165) is 6.42 Å². The van der Waals surface area contributed by atoms with E-state index in [9.17, 15) is 9.59 Å². The second kappa shape index (κ2) is 3.77. The number of amides is 2. The van der Waals surface area contributed by atoms with Gasteiger partial charge in [0.15, 0.2) is 0 Å². The average Bonchev–Trinajstić information content (AvgIpc) is 2.44. The summed E-state index contributed by atoms with van der Waals surface area (Å²) in [5, 5.41) is 0. The summed E-state index contributed by atoms with van der Waals surface area (Å²) in [6.07, 6.45) is 0.243. The molecule has 0 radical (unpaired) electrons. The van der Waals surface area contributed by atoms with Crippen LogP contribution in [0.1, 0.15) is 27.2 Å². The van der Waals surface area contributed by atoms with Crippen LogP contribution in [0.4, 0.5) is 4.79 Å². The summed E-state index contributed by atoms with van der Waals surface area (Å²) >= 11 is 0. The van der Waals surface area contributed by atoms with Gasteiger partial charge in [0.05, 0.1) is 6.04 Å². The maximum absolute atomic E-state index is 11.6. The van der Waals surface area contributed by atoms with Crippen LogP contribution in [-0.2, 0) is 9.53 Å². The molecule has 2 amide bonds. The van der Waals surface area contributed by atoms with Crippen molar-refractivity contribution in [2.75, 3.05) is 6.61 Å². The molecule has 1 aliphatic heterocycles. The first kappa shape index (κ1) is 10.0. The first-order valence-corrected chi connectivity index (χ1v) is 4.57. The van der Waals surface area contributed by atoms with Crippen molar-refractivity contribution in [2.45, 2.75) is 33.2 Å². The van der Waals surface area contributed by atoms with Crippen LogP contribution < -0.4 is 0 Å². The quantitative estimate of drug-likeness (QED) is 0.653. The van der Waals surface area contributed by atoms with E-state index in [2.05, 4.69) is 0 Å². The third-order valence-electron chi connectivity index (χ3n) is 2.36. The van der Waals surface area contributed by atoms with E-state index in [1.807, 2.05) is 20.8 Å². The van der Waals surface area contributed by atoms with Crippen LogP contribution >= 0.6 is 0 Å². The zero-order chi connectivity index (χ0) is 10.0. The molecule has 1 heterocycles. The molecule has 2 unspecified atom stereocenters. The van der Waals surface area contributed by atoms with Crippen LogP contribution in [0.2, 0.25) is 0 Å². The predicted molar refractivity (Wildman–Crippen MR) is 47.1 cm³/mol. The smallest absolute Gasteiger partial charge is 0.416 e. The third-order valence-corrected chi connectivity index (χ3v) is 2.36. The molecule has 2 atom stereocenters. The summed E-state index contributed by atoms with van der Waals surface area (Å²) in [4.78, 5) is 24.0. The van der Waals surface area contributed by atoms with E-state index in [1.165, 1.54) is 4.90 Å². The first-order valence-electron chi connectivity index (χ1n) is 4.57. The molecule has 4 nitrogen and oxygen atoms in total. The monoisotopic (exact) mass is 185 g/mol. The second-order valence-electron chi connectivity index (χ2n) is 3.44. The number of ether oxygens (including phenoxy) is 1. The predicted octanol–water partition coefficient (Wildman–Crippen LogP) is 1.40. The molecule has 1 aliphatic rings. The Kier molecular flexibility index (Phi) is 2.90. The van der Waals surface area contributed by atoms with Crippen molar-refractivity contribution in [3.05, 3.63) is 0 Å². The second-order valence-corrected chi connectivity index (χ2v) is 3.44. The van der Waals surface area contributed by atoms with Crippen LogP contribution in [0.15, 0.2) is 0 Å². The van der Waals surface area contributed by atoms with E-state index in [0.29, 0.717) is 6.61 Å². The summed E-state index contributed by atoms with van der Waals surface area (Å²) in [6.45, 7) is 5.88. The minimum atomic E-state index is -0.502. The van der Waals surface area contributed by atoms with E-state index < -0.39 is 6.09 Å². The Bertz CT molecular complexity index is 227. The maximum Gasteiger partial charge on any atom is 0.416 e. The zero-order valence-corrected chi connectivity index (χ0v) is 8.24. The van der Waals surface area contributed by atoms with Gasteiger partial charge in [-0.2, -0.15) is 0 Å². The highest BCUT2D eigenvalue weighted by Crippen LogP contribution is 2.16. The summed E-state index contributed by atoms with van der Waals surface area (Å²) < 4.78 is 4.76. The lowest BCUT2D eigenvalue weighted by molar-refractivity contribution is -0.132. The van der Waals surface area contributed by atoms with E-state index in [1.54, 1.807) is 0 Å². The Labute approximate surface area is 77.8 Å². The molecular formula is C9H15NO3. The molecule has 0 spiro atoms. The molecule has 0 aromatic carbocycles. The SMILES string of the molecule is CCC(C)C(=O)N1C(=O)OCC1C. The molecule has 4 heteroatoms. The first-order chi connectivity index (χ1) is 6.07. The summed E-state index contributed by atoms with van der Waals surface area (Å²) in [5.74, 6) is -0.231. The maximum atomic E-state index is 11.6. The van der Waals surface area contributed by atoms with Gasteiger partial charge in [-0.1, -0.05) is 13.8 Å². The van der Waals surface area contributed by atoms with Crippen molar-refractivity contribution in [3.8, 4) is 0 Å². The Morgan fingerprint density at radius 3 is 2.77 bits per heavy atom. The molecule has 0 aromatic heterocycles. The van der Waals surface area contributed by atoms with Gasteiger partial charge in [0, 0.05) is 5.92 Å². The summed E-state index contributed by atoms with van der Waals surface area (Å²) in [5.41, 5.74) is 0. The van der Waals surface area contributed by atoms with Gasteiger partial charge >= 0.3 is 6.09 Å². The molecule has 0 aliphatic carbocycles. The fourth-order valence-electron chi connectivity index (χ4n) is 1.24. The lowest BCUT2D eigenvalue weighted by Gasteiger charge is -2.19. The molecule has 74 valence electrons. The number of nitrogens with zero attached hydrogens (tertiary/aromatic N) is 1. The van der Waals surface area contributed by atoms with Crippen molar-refractivity contribution in [2.24, 2.45) is 5.92 Å². The number of carbonyl (C=O) groups is 2. The summed E-state index contributed by atoms with van der Waals surface area (Å²) in [6, 6.07) is -0.117. The number of carbonyl (C=O) groups excluding carboxylic acids is 2. The lowest BCUT2D eigenvalue weighted by Crippen LogP contribution is -2.40. The Morgan fingerprint density at radius 2 is 2.38 bits per heavy atom. The topological polar surface area (TPSA) is 46.6 Å². The standard InChI is InChI=1S/C9H15NO3/c1-4-6(2)8(11)10-7(3)5-13-9(10)12/h6-7H,4-5H2,1-3H3. The Hall–Kier alpha value is -1.06. The van der Waals surface area contributed by atoms with Gasteiger partial charge in [0.1, 0.15) is 6.61 Å². The van der Waals surface area contributed by atoms with E-state index >= 15 is 0 Å². The van der Waals surface area contributed by atoms with Crippen LogP contribution in [0.25, 0.3) is 0 Å². The van der Waals surface area contributed by atoms with Gasteiger partial charge in [-0.3, -0.25) is 4.79 Å². The number of cyclic esters (lactones) is 1. The Morgan fingerprint density at radius 1 is 1.77 bits per heavy atom. The highest BCUT2D eigenvalue weighted by molar-refractivity contribution is 5.94. The molecule has 1 fully saturated rings. The number of imide groups is 1. The summed E-state index contributed by atoms with van der Waals surface area (Å²) in [7, 11) is 0. The molecule has 13 heavy (non-hydrogen) atoms. The van der Waals surface area contributed by atoms with E-state index in [4.69, 9.17) is 4.74 Å². The van der Waals surface area contributed by atoms with Crippen molar-refractivity contribution in [3.63, 3.8) is 0 Å². The number of hydrogen-bond donors (Lipinski definition) is 0. The minimum absolute atomic E-state index is 0.104. The molecular weight excluding hydrogens is 170 g/mol. The van der Waals surface area contributed by atoms with Crippen LogP contribution in [0.3, 0.4) is 0 Å².